The molecule has 1 amide bonds. The summed E-state index contributed by atoms with van der Waals surface area (Å²) in [4.78, 5) is 14.9. The van der Waals surface area contributed by atoms with E-state index in [0.717, 1.165) is 57.8 Å². The molecule has 0 radical (unpaired) electrons. The predicted octanol–water partition coefficient (Wildman–Crippen LogP) is 4.09. The van der Waals surface area contributed by atoms with Gasteiger partial charge in [0.1, 0.15) is 48.8 Å². The van der Waals surface area contributed by atoms with E-state index in [0.29, 0.717) is 13.0 Å². The van der Waals surface area contributed by atoms with Gasteiger partial charge in [-0.05, 0) is 12.8 Å². The van der Waals surface area contributed by atoms with Gasteiger partial charge in [-0.25, -0.2) is 0 Å². The van der Waals surface area contributed by atoms with Crippen LogP contribution in [0.3, 0.4) is 0 Å². The molecule has 0 saturated carbocycles. The Morgan fingerprint density at radius 2 is 1.08 bits per heavy atom. The molecule has 0 bridgehead atoms. The van der Waals surface area contributed by atoms with E-state index in [9.17, 15) is 45.6 Å². The molecule has 1 fully saturated rings. The third-order valence-corrected chi connectivity index (χ3v) is 10.2. The van der Waals surface area contributed by atoms with Crippen LogP contribution in [-0.4, -0.2) is 133 Å². The molecule has 1 aliphatic heterocycles. The molecular weight excluding hydrogens is 658 g/mol. The van der Waals surface area contributed by atoms with Gasteiger partial charge in [-0.15, -0.1) is 0 Å². The molecule has 1 saturated heterocycles. The summed E-state index contributed by atoms with van der Waals surface area (Å²) in [6.45, 7) is 3.00. The second-order valence-corrected chi connectivity index (χ2v) is 14.8. The van der Waals surface area contributed by atoms with Gasteiger partial charge in [-0.1, -0.05) is 142 Å². The minimum absolute atomic E-state index is 0.129. The van der Waals surface area contributed by atoms with E-state index < -0.39 is 68.3 Å². The van der Waals surface area contributed by atoms with Crippen LogP contribution in [0.5, 0.6) is 0 Å². The van der Waals surface area contributed by atoms with Crippen LogP contribution in [0.2, 0.25) is 0 Å². The molecule has 1 heterocycles. The van der Waals surface area contributed by atoms with Gasteiger partial charge in [0.2, 0.25) is 5.91 Å². The Labute approximate surface area is 308 Å². The molecule has 9 atom stereocenters. The topological polar surface area (TPSA) is 201 Å². The summed E-state index contributed by atoms with van der Waals surface area (Å²) in [5.74, 6) is -0.129. The van der Waals surface area contributed by atoms with Crippen molar-refractivity contribution in [2.75, 3.05) is 26.3 Å². The zero-order valence-electron chi connectivity index (χ0n) is 32.0. The van der Waals surface area contributed by atoms with E-state index in [4.69, 9.17) is 9.47 Å². The predicted molar refractivity (Wildman–Crippen MR) is 198 cm³/mol. The summed E-state index contributed by atoms with van der Waals surface area (Å²) >= 11 is 0. The Morgan fingerprint density at radius 1 is 0.627 bits per heavy atom. The molecular formula is C39H77NO11. The van der Waals surface area contributed by atoms with Crippen LogP contribution in [0.25, 0.3) is 0 Å². The average molecular weight is 736 g/mol. The van der Waals surface area contributed by atoms with Crippen molar-refractivity contribution in [3.05, 3.63) is 0 Å². The van der Waals surface area contributed by atoms with Crippen molar-refractivity contribution in [2.24, 2.45) is 0 Å². The van der Waals surface area contributed by atoms with Crippen molar-refractivity contribution < 1.29 is 55.1 Å². The summed E-state index contributed by atoms with van der Waals surface area (Å²) in [7, 11) is 0. The maximum absolute atomic E-state index is 13.4. The summed E-state index contributed by atoms with van der Waals surface area (Å²) < 4.78 is 10.9. The Morgan fingerprint density at radius 3 is 1.53 bits per heavy atom. The number of carbonyl (C=O) groups excluding carboxylic acids is 1. The fourth-order valence-electron chi connectivity index (χ4n) is 6.77. The summed E-state index contributed by atoms with van der Waals surface area (Å²) in [6.07, 6.45) is 11.0. The minimum atomic E-state index is -1.82. The van der Waals surface area contributed by atoms with Crippen LogP contribution < -0.4 is 0 Å². The summed E-state index contributed by atoms with van der Waals surface area (Å²) in [6, 6.07) is 0. The first-order valence-corrected chi connectivity index (χ1v) is 20.5. The number of hydrogen-bond donors (Lipinski definition) is 8. The van der Waals surface area contributed by atoms with Crippen LogP contribution in [0, 0.1) is 0 Å². The Kier molecular flexibility index (Phi) is 28.7. The number of hydrogen-bond acceptors (Lipinski definition) is 11. The molecule has 0 aromatic rings. The van der Waals surface area contributed by atoms with Gasteiger partial charge in [0.15, 0.2) is 6.29 Å². The highest BCUT2D eigenvalue weighted by molar-refractivity contribution is 5.76. The molecule has 0 aliphatic carbocycles. The number of aliphatic hydroxyl groups excluding tert-OH is 8. The SMILES string of the molecule is CCCCCCCCCCCCCCCCCC(=O)N(CCCCCCCCC)C[C@H](O)[C@@H](O)[C@H](O[C@@H]1O[C@H](CO)[C@H](O)[C@H](O)[C@H]1O)[C@H](O)CO. The smallest absolute Gasteiger partial charge is 0.222 e. The Hall–Kier alpha value is -0.930. The van der Waals surface area contributed by atoms with Crippen LogP contribution in [0.1, 0.15) is 162 Å². The monoisotopic (exact) mass is 736 g/mol. The lowest BCUT2D eigenvalue weighted by Crippen LogP contribution is -2.61. The first-order chi connectivity index (χ1) is 24.6. The summed E-state index contributed by atoms with van der Waals surface area (Å²) in [5.41, 5.74) is 0. The van der Waals surface area contributed by atoms with Gasteiger partial charge >= 0.3 is 0 Å². The molecule has 0 aromatic carbocycles. The van der Waals surface area contributed by atoms with Crippen molar-refractivity contribution in [3.63, 3.8) is 0 Å². The van der Waals surface area contributed by atoms with Crippen molar-refractivity contribution in [2.45, 2.75) is 217 Å². The number of amides is 1. The molecule has 1 rings (SSSR count). The fraction of sp³-hybridized carbons (Fsp3) is 0.974. The van der Waals surface area contributed by atoms with Crippen LogP contribution in [0.15, 0.2) is 0 Å². The molecule has 12 heteroatoms. The second-order valence-electron chi connectivity index (χ2n) is 14.8. The summed E-state index contributed by atoms with van der Waals surface area (Å²) in [5, 5.41) is 82.4. The molecule has 12 nitrogen and oxygen atoms in total. The second kappa shape index (κ2) is 30.4. The maximum atomic E-state index is 13.4. The standard InChI is InChI=1S/C39H77NO11/c1-3-5-7-9-11-12-13-14-15-16-17-18-19-21-23-25-33(45)40(26-24-22-20-10-8-6-4-2)27-30(43)34(46)38(31(44)28-41)51-39-37(49)36(48)35(47)32(29-42)50-39/h30-32,34-39,41-44,46-49H,3-29H2,1-2H3/t30-,31+,32+,34+,35-,36-,37+,38+,39-/m0/s1. The number of carbonyl (C=O) groups is 1. The highest BCUT2D eigenvalue weighted by atomic mass is 16.7. The first kappa shape index (κ1) is 48.1. The van der Waals surface area contributed by atoms with E-state index in [1.54, 1.807) is 4.90 Å². The maximum Gasteiger partial charge on any atom is 0.222 e. The lowest BCUT2D eigenvalue weighted by atomic mass is 9.98. The average Bonchev–Trinajstić information content (AvgIpc) is 3.13. The fourth-order valence-corrected chi connectivity index (χ4v) is 6.77. The van der Waals surface area contributed by atoms with Crippen molar-refractivity contribution in [3.8, 4) is 0 Å². The Bertz CT molecular complexity index is 822. The lowest BCUT2D eigenvalue weighted by Gasteiger charge is -2.42. The van der Waals surface area contributed by atoms with Crippen LogP contribution in [0.4, 0.5) is 0 Å². The number of ether oxygens (including phenoxy) is 2. The molecule has 8 N–H and O–H groups in total. The molecule has 304 valence electrons. The van der Waals surface area contributed by atoms with Gasteiger partial charge in [0.25, 0.3) is 0 Å². The van der Waals surface area contributed by atoms with E-state index in [-0.39, 0.29) is 12.5 Å². The Balaban J connectivity index is 2.64. The van der Waals surface area contributed by atoms with E-state index in [1.807, 2.05) is 0 Å². The third kappa shape index (κ3) is 20.4. The van der Waals surface area contributed by atoms with Crippen molar-refractivity contribution >= 4 is 5.91 Å². The molecule has 51 heavy (non-hydrogen) atoms. The van der Waals surface area contributed by atoms with Gasteiger partial charge in [-0.2, -0.15) is 0 Å². The van der Waals surface area contributed by atoms with Gasteiger partial charge in [0, 0.05) is 19.5 Å². The molecule has 0 unspecified atom stereocenters. The first-order valence-electron chi connectivity index (χ1n) is 20.5. The number of nitrogens with zero attached hydrogens (tertiary/aromatic N) is 1. The van der Waals surface area contributed by atoms with Crippen molar-refractivity contribution in [1.29, 1.82) is 0 Å². The third-order valence-electron chi connectivity index (χ3n) is 10.2. The number of unbranched alkanes of at least 4 members (excludes halogenated alkanes) is 20. The normalized spacial score (nSPS) is 23.2. The quantitative estimate of drug-likeness (QED) is 0.0452. The molecule has 1 aliphatic rings. The number of aliphatic hydroxyl groups is 8. The van der Waals surface area contributed by atoms with Gasteiger partial charge < -0.3 is 55.2 Å². The van der Waals surface area contributed by atoms with E-state index in [2.05, 4.69) is 13.8 Å². The minimum Gasteiger partial charge on any atom is -0.394 e. The van der Waals surface area contributed by atoms with Crippen molar-refractivity contribution in [1.82, 2.24) is 4.90 Å². The number of rotatable bonds is 33. The van der Waals surface area contributed by atoms with E-state index in [1.165, 1.54) is 83.5 Å². The van der Waals surface area contributed by atoms with Crippen LogP contribution >= 0.6 is 0 Å². The van der Waals surface area contributed by atoms with E-state index >= 15 is 0 Å². The van der Waals surface area contributed by atoms with Crippen LogP contribution in [-0.2, 0) is 14.3 Å². The highest BCUT2D eigenvalue weighted by Crippen LogP contribution is 2.25. The lowest BCUT2D eigenvalue weighted by molar-refractivity contribution is -0.327. The zero-order chi connectivity index (χ0) is 37.9. The highest BCUT2D eigenvalue weighted by Gasteiger charge is 2.47. The zero-order valence-corrected chi connectivity index (χ0v) is 32.0. The van der Waals surface area contributed by atoms with Gasteiger partial charge in [0.05, 0.1) is 13.2 Å². The largest absolute Gasteiger partial charge is 0.394 e. The molecule has 0 aromatic heterocycles. The molecule has 0 spiro atoms. The van der Waals surface area contributed by atoms with Gasteiger partial charge in [-0.3, -0.25) is 4.79 Å².